The van der Waals surface area contributed by atoms with Gasteiger partial charge in [-0.2, -0.15) is 11.3 Å². The molecule has 0 spiro atoms. The van der Waals surface area contributed by atoms with E-state index in [0.29, 0.717) is 11.9 Å². The fraction of sp³-hybridized carbons (Fsp3) is 0.261. The number of aromatic amines is 1. The lowest BCUT2D eigenvalue weighted by Gasteiger charge is -2.41. The molecule has 1 aliphatic carbocycles. The molecular weight excluding hydrogens is 400 g/mol. The number of thioether (sulfide) groups is 1. The zero-order valence-corrected chi connectivity index (χ0v) is 17.8. The Balaban J connectivity index is 1.78. The van der Waals surface area contributed by atoms with Crippen LogP contribution in [0, 0.1) is 0 Å². The number of hydrogen-bond donors (Lipinski definition) is 3. The summed E-state index contributed by atoms with van der Waals surface area (Å²) in [6.45, 7) is 0.666. The first-order valence-electron chi connectivity index (χ1n) is 9.71. The molecule has 2 heterocycles. The molecule has 1 fully saturated rings. The van der Waals surface area contributed by atoms with Crippen LogP contribution >= 0.6 is 23.1 Å². The molecule has 0 saturated heterocycles. The Labute approximate surface area is 176 Å². The monoisotopic (exact) mass is 422 g/mol. The number of nitrogens with one attached hydrogen (secondary N) is 1. The summed E-state index contributed by atoms with van der Waals surface area (Å²) in [5.74, 6) is 0.228. The van der Waals surface area contributed by atoms with E-state index in [1.807, 2.05) is 17.0 Å². The maximum absolute atomic E-state index is 12.5. The van der Waals surface area contributed by atoms with Gasteiger partial charge in [-0.25, -0.2) is 0 Å². The number of thiophene rings is 1. The van der Waals surface area contributed by atoms with Crippen molar-refractivity contribution < 1.29 is 5.11 Å². The van der Waals surface area contributed by atoms with E-state index in [4.69, 9.17) is 5.73 Å². The smallest absolute Gasteiger partial charge is 0.257 e. The number of aromatic hydroxyl groups is 1. The number of phenolic OH excluding ortho intramolecular Hbond substituents is 1. The van der Waals surface area contributed by atoms with Gasteiger partial charge >= 0.3 is 0 Å². The number of fused-ring (bicyclic) bond motifs is 3. The molecular formula is C23H22N2O2S2. The van der Waals surface area contributed by atoms with Crippen molar-refractivity contribution in [2.24, 2.45) is 5.73 Å². The molecule has 0 unspecified atom stereocenters. The predicted octanol–water partition coefficient (Wildman–Crippen LogP) is 5.22. The molecule has 1 aliphatic rings. The minimum absolute atomic E-state index is 0.0918. The van der Waals surface area contributed by atoms with Crippen LogP contribution in [0.1, 0.15) is 24.8 Å². The molecule has 0 aliphatic heterocycles. The van der Waals surface area contributed by atoms with Crippen LogP contribution in [-0.4, -0.2) is 22.9 Å². The quantitative estimate of drug-likeness (QED) is 0.394. The van der Waals surface area contributed by atoms with Gasteiger partial charge in [0.2, 0.25) is 0 Å². The van der Waals surface area contributed by atoms with E-state index < -0.39 is 0 Å². The average Bonchev–Trinajstić information content (AvgIpc) is 3.19. The summed E-state index contributed by atoms with van der Waals surface area (Å²) in [7, 11) is 0. The minimum atomic E-state index is -0.0918. The Kier molecular flexibility index (Phi) is 4.46. The van der Waals surface area contributed by atoms with Gasteiger partial charge in [-0.05, 0) is 41.7 Å². The van der Waals surface area contributed by atoms with Gasteiger partial charge in [0, 0.05) is 38.6 Å². The Bertz CT molecular complexity index is 1280. The van der Waals surface area contributed by atoms with Gasteiger partial charge in [0.1, 0.15) is 5.75 Å². The number of phenols is 1. The third-order valence-corrected chi connectivity index (χ3v) is 7.90. The average molecular weight is 423 g/mol. The fourth-order valence-corrected chi connectivity index (χ4v) is 5.95. The number of pyridine rings is 1. The lowest BCUT2D eigenvalue weighted by molar-refractivity contribution is 0.253. The number of benzene rings is 2. The lowest BCUT2D eigenvalue weighted by atomic mass is 9.64. The van der Waals surface area contributed by atoms with Crippen molar-refractivity contribution in [2.45, 2.75) is 29.6 Å². The summed E-state index contributed by atoms with van der Waals surface area (Å²) in [6.07, 6.45) is 5.44. The van der Waals surface area contributed by atoms with Crippen molar-refractivity contribution in [3.63, 3.8) is 0 Å². The Morgan fingerprint density at radius 1 is 1.21 bits per heavy atom. The van der Waals surface area contributed by atoms with Crippen LogP contribution < -0.4 is 11.3 Å². The molecule has 29 heavy (non-hydrogen) atoms. The largest absolute Gasteiger partial charge is 0.507 e. The third-order valence-electron chi connectivity index (χ3n) is 6.39. The van der Waals surface area contributed by atoms with Crippen LogP contribution in [0.4, 0.5) is 0 Å². The molecule has 1 saturated carbocycles. The normalized spacial score (nSPS) is 15.7. The molecule has 4 aromatic rings. The molecule has 4 N–H and O–H groups in total. The summed E-state index contributed by atoms with van der Waals surface area (Å²) in [5, 5.41) is 17.3. The topological polar surface area (TPSA) is 79.1 Å². The van der Waals surface area contributed by atoms with Crippen molar-refractivity contribution in [1.29, 1.82) is 0 Å². The number of nitrogens with two attached hydrogens (primary N) is 1. The summed E-state index contributed by atoms with van der Waals surface area (Å²) < 4.78 is 0. The number of H-pyrrole nitrogens is 1. The van der Waals surface area contributed by atoms with E-state index in [9.17, 15) is 9.90 Å². The molecule has 4 nitrogen and oxygen atoms in total. The SMILES string of the molecule is CSc1cc(O)c(-c2ccc(C3(CN)CCC3)cc2)c2c1[nH]c(=O)c1cscc12. The van der Waals surface area contributed by atoms with Crippen molar-refractivity contribution in [3.8, 4) is 16.9 Å². The first-order valence-corrected chi connectivity index (χ1v) is 11.9. The second-order valence-corrected chi connectivity index (χ2v) is 9.38. The van der Waals surface area contributed by atoms with Gasteiger partial charge in [0.05, 0.1) is 10.9 Å². The van der Waals surface area contributed by atoms with E-state index in [0.717, 1.165) is 45.2 Å². The molecule has 6 heteroatoms. The first-order chi connectivity index (χ1) is 14.1. The summed E-state index contributed by atoms with van der Waals surface area (Å²) >= 11 is 3.02. The van der Waals surface area contributed by atoms with E-state index in [2.05, 4.69) is 29.2 Å². The molecule has 5 rings (SSSR count). The Morgan fingerprint density at radius 3 is 2.55 bits per heavy atom. The molecule has 0 atom stereocenters. The highest BCUT2D eigenvalue weighted by atomic mass is 32.2. The lowest BCUT2D eigenvalue weighted by Crippen LogP contribution is -2.41. The fourth-order valence-electron chi connectivity index (χ4n) is 4.54. The highest BCUT2D eigenvalue weighted by Gasteiger charge is 2.37. The van der Waals surface area contributed by atoms with Crippen LogP contribution in [0.5, 0.6) is 5.75 Å². The van der Waals surface area contributed by atoms with Crippen LogP contribution in [0.25, 0.3) is 32.8 Å². The third kappa shape index (κ3) is 2.74. The highest BCUT2D eigenvalue weighted by Crippen LogP contribution is 2.46. The van der Waals surface area contributed by atoms with Crippen LogP contribution in [0.15, 0.2) is 50.8 Å². The Morgan fingerprint density at radius 2 is 1.93 bits per heavy atom. The van der Waals surface area contributed by atoms with Crippen molar-refractivity contribution >= 4 is 44.8 Å². The maximum atomic E-state index is 12.5. The van der Waals surface area contributed by atoms with Gasteiger partial charge < -0.3 is 15.8 Å². The molecule has 2 aromatic carbocycles. The zero-order valence-electron chi connectivity index (χ0n) is 16.1. The van der Waals surface area contributed by atoms with Crippen LogP contribution in [0.2, 0.25) is 0 Å². The standard InChI is InChI=1S/C23H22N2O2S2/c1-28-18-9-17(26)19(20-15-10-29-11-16(15)22(27)25-21(18)20)13-3-5-14(6-4-13)23(12-24)7-2-8-23/h3-6,9-11,26H,2,7-8,12,24H2,1H3,(H,25,27). The second kappa shape index (κ2) is 6.90. The number of rotatable bonds is 4. The molecule has 148 valence electrons. The molecule has 0 radical (unpaired) electrons. The van der Waals surface area contributed by atoms with Crippen molar-refractivity contribution in [3.05, 3.63) is 57.0 Å². The van der Waals surface area contributed by atoms with E-state index in [-0.39, 0.29) is 16.7 Å². The maximum Gasteiger partial charge on any atom is 0.257 e. The van der Waals surface area contributed by atoms with E-state index in [1.165, 1.54) is 35.1 Å². The Hall–Kier alpha value is -2.28. The zero-order chi connectivity index (χ0) is 20.2. The molecule has 0 bridgehead atoms. The van der Waals surface area contributed by atoms with Gasteiger partial charge in [-0.15, -0.1) is 11.8 Å². The first kappa shape index (κ1) is 18.7. The van der Waals surface area contributed by atoms with Crippen LogP contribution in [-0.2, 0) is 5.41 Å². The number of aromatic nitrogens is 1. The molecule has 0 amide bonds. The van der Waals surface area contributed by atoms with Gasteiger partial charge in [0.25, 0.3) is 5.56 Å². The second-order valence-electron chi connectivity index (χ2n) is 7.79. The van der Waals surface area contributed by atoms with Gasteiger partial charge in [-0.1, -0.05) is 30.7 Å². The van der Waals surface area contributed by atoms with Gasteiger partial charge in [0.15, 0.2) is 0 Å². The summed E-state index contributed by atoms with van der Waals surface area (Å²) in [5.41, 5.74) is 9.84. The van der Waals surface area contributed by atoms with Crippen molar-refractivity contribution in [2.75, 3.05) is 12.8 Å². The summed E-state index contributed by atoms with van der Waals surface area (Å²) in [6, 6.07) is 10.2. The predicted molar refractivity (Wildman–Crippen MR) is 123 cm³/mol. The van der Waals surface area contributed by atoms with Crippen LogP contribution in [0.3, 0.4) is 0 Å². The van der Waals surface area contributed by atoms with E-state index in [1.54, 1.807) is 6.07 Å². The minimum Gasteiger partial charge on any atom is -0.507 e. The van der Waals surface area contributed by atoms with Crippen molar-refractivity contribution in [1.82, 2.24) is 4.98 Å². The summed E-state index contributed by atoms with van der Waals surface area (Å²) in [4.78, 5) is 16.5. The van der Waals surface area contributed by atoms with Gasteiger partial charge in [-0.3, -0.25) is 4.79 Å². The molecule has 2 aromatic heterocycles. The van der Waals surface area contributed by atoms with E-state index >= 15 is 0 Å². The highest BCUT2D eigenvalue weighted by molar-refractivity contribution is 7.98. The number of hydrogen-bond acceptors (Lipinski definition) is 5.